The number of rotatable bonds is 5. The summed E-state index contributed by atoms with van der Waals surface area (Å²) in [5.41, 5.74) is 6.87. The number of nitrogens with one attached hydrogen (secondary N) is 1. The maximum absolute atomic E-state index is 12.2. The molecule has 5 nitrogen and oxygen atoms in total. The van der Waals surface area contributed by atoms with Crippen molar-refractivity contribution in [2.24, 2.45) is 0 Å². The first kappa shape index (κ1) is 15.6. The molecule has 0 aromatic heterocycles. The van der Waals surface area contributed by atoms with Crippen molar-refractivity contribution in [3.05, 3.63) is 23.8 Å². The SMILES string of the molecule is COc1cc(C(=O)NCC(C)N2CCCCC2)ccc1N. The second-order valence-electron chi connectivity index (χ2n) is 5.61. The number of nitrogens with zero attached hydrogens (tertiary/aromatic N) is 1. The summed E-state index contributed by atoms with van der Waals surface area (Å²) < 4.78 is 5.14. The van der Waals surface area contributed by atoms with Gasteiger partial charge in [-0.2, -0.15) is 0 Å². The summed E-state index contributed by atoms with van der Waals surface area (Å²) in [5.74, 6) is 0.448. The average Bonchev–Trinajstić information content (AvgIpc) is 2.53. The number of hydrogen-bond donors (Lipinski definition) is 2. The molecule has 1 aromatic rings. The lowest BCUT2D eigenvalue weighted by Crippen LogP contribution is -2.44. The summed E-state index contributed by atoms with van der Waals surface area (Å²) in [6.45, 7) is 5.08. The Morgan fingerprint density at radius 3 is 2.76 bits per heavy atom. The third kappa shape index (κ3) is 4.11. The van der Waals surface area contributed by atoms with Crippen molar-refractivity contribution < 1.29 is 9.53 Å². The molecule has 1 saturated heterocycles. The van der Waals surface area contributed by atoms with Crippen LogP contribution in [0, 0.1) is 0 Å². The van der Waals surface area contributed by atoms with Gasteiger partial charge in [-0.25, -0.2) is 0 Å². The summed E-state index contributed by atoms with van der Waals surface area (Å²) in [5, 5.41) is 2.99. The molecule has 1 fully saturated rings. The second kappa shape index (κ2) is 7.31. The zero-order valence-electron chi connectivity index (χ0n) is 12.9. The quantitative estimate of drug-likeness (QED) is 0.813. The number of piperidine rings is 1. The summed E-state index contributed by atoms with van der Waals surface area (Å²) in [6.07, 6.45) is 3.84. The molecule has 1 aliphatic rings. The number of nitrogens with two attached hydrogens (primary N) is 1. The second-order valence-corrected chi connectivity index (χ2v) is 5.61. The van der Waals surface area contributed by atoms with Crippen LogP contribution in [0.25, 0.3) is 0 Å². The number of hydrogen-bond acceptors (Lipinski definition) is 4. The van der Waals surface area contributed by atoms with E-state index >= 15 is 0 Å². The Morgan fingerprint density at radius 2 is 2.10 bits per heavy atom. The van der Waals surface area contributed by atoms with Gasteiger partial charge in [-0.3, -0.25) is 9.69 Å². The minimum Gasteiger partial charge on any atom is -0.495 e. The van der Waals surface area contributed by atoms with Gasteiger partial charge in [-0.1, -0.05) is 6.42 Å². The highest BCUT2D eigenvalue weighted by atomic mass is 16.5. The molecule has 0 saturated carbocycles. The minimum atomic E-state index is -0.0860. The number of ether oxygens (including phenoxy) is 1. The predicted octanol–water partition coefficient (Wildman–Crippen LogP) is 1.88. The molecule has 1 aromatic carbocycles. The van der Waals surface area contributed by atoms with E-state index in [1.807, 2.05) is 0 Å². The van der Waals surface area contributed by atoms with Crippen molar-refractivity contribution in [3.63, 3.8) is 0 Å². The van der Waals surface area contributed by atoms with Crippen LogP contribution in [0.15, 0.2) is 18.2 Å². The Hall–Kier alpha value is -1.75. The van der Waals surface area contributed by atoms with Crippen LogP contribution in [0.4, 0.5) is 5.69 Å². The lowest BCUT2D eigenvalue weighted by molar-refractivity contribution is 0.0929. The zero-order chi connectivity index (χ0) is 15.2. The molecule has 116 valence electrons. The number of benzene rings is 1. The number of likely N-dealkylation sites (tertiary alicyclic amines) is 1. The third-order valence-corrected chi connectivity index (χ3v) is 4.07. The minimum absolute atomic E-state index is 0.0860. The van der Waals surface area contributed by atoms with Gasteiger partial charge >= 0.3 is 0 Å². The van der Waals surface area contributed by atoms with Gasteiger partial charge in [0.05, 0.1) is 12.8 Å². The molecule has 0 bridgehead atoms. The summed E-state index contributed by atoms with van der Waals surface area (Å²) in [7, 11) is 1.55. The molecule has 1 aliphatic heterocycles. The van der Waals surface area contributed by atoms with Gasteiger partial charge in [0, 0.05) is 18.2 Å². The van der Waals surface area contributed by atoms with Crippen LogP contribution in [0.5, 0.6) is 5.75 Å². The first-order chi connectivity index (χ1) is 10.1. The lowest BCUT2D eigenvalue weighted by atomic mass is 10.1. The standard InChI is InChI=1S/C16H25N3O2/c1-12(19-8-4-3-5-9-19)11-18-16(20)13-6-7-14(17)15(10-13)21-2/h6-7,10,12H,3-5,8-9,11,17H2,1-2H3,(H,18,20). The van der Waals surface area contributed by atoms with Crippen molar-refractivity contribution in [1.29, 1.82) is 0 Å². The first-order valence-corrected chi connectivity index (χ1v) is 7.57. The molecule has 0 aliphatic carbocycles. The molecule has 0 radical (unpaired) electrons. The molecule has 5 heteroatoms. The van der Waals surface area contributed by atoms with Crippen molar-refractivity contribution >= 4 is 11.6 Å². The van der Waals surface area contributed by atoms with Crippen LogP contribution in [0.2, 0.25) is 0 Å². The summed E-state index contributed by atoms with van der Waals surface area (Å²) in [6, 6.07) is 5.46. The third-order valence-electron chi connectivity index (χ3n) is 4.07. The Morgan fingerprint density at radius 1 is 1.38 bits per heavy atom. The van der Waals surface area contributed by atoms with Gasteiger partial charge < -0.3 is 15.8 Å². The highest BCUT2D eigenvalue weighted by Gasteiger charge is 2.17. The molecule has 1 unspecified atom stereocenters. The number of amides is 1. The van der Waals surface area contributed by atoms with Crippen LogP contribution in [-0.2, 0) is 0 Å². The van der Waals surface area contributed by atoms with Gasteiger partial charge in [0.2, 0.25) is 0 Å². The largest absolute Gasteiger partial charge is 0.495 e. The molecule has 1 amide bonds. The van der Waals surface area contributed by atoms with Gasteiger partial charge in [0.15, 0.2) is 0 Å². The zero-order valence-corrected chi connectivity index (χ0v) is 12.9. The molecule has 3 N–H and O–H groups in total. The molecular formula is C16H25N3O2. The predicted molar refractivity (Wildman–Crippen MR) is 84.6 cm³/mol. The fourth-order valence-electron chi connectivity index (χ4n) is 2.68. The van der Waals surface area contributed by atoms with E-state index in [0.717, 1.165) is 13.1 Å². The highest BCUT2D eigenvalue weighted by Crippen LogP contribution is 2.22. The molecular weight excluding hydrogens is 266 g/mol. The van der Waals surface area contributed by atoms with Crippen molar-refractivity contribution in [2.45, 2.75) is 32.2 Å². The van der Waals surface area contributed by atoms with Crippen LogP contribution >= 0.6 is 0 Å². The fraction of sp³-hybridized carbons (Fsp3) is 0.562. The normalized spacial score (nSPS) is 17.2. The van der Waals surface area contributed by atoms with Crippen LogP contribution in [-0.4, -0.2) is 43.6 Å². The van der Waals surface area contributed by atoms with E-state index in [1.165, 1.54) is 19.3 Å². The number of carbonyl (C=O) groups excluding carboxylic acids is 1. The highest BCUT2D eigenvalue weighted by molar-refractivity contribution is 5.95. The van der Waals surface area contributed by atoms with Crippen molar-refractivity contribution in [1.82, 2.24) is 10.2 Å². The molecule has 21 heavy (non-hydrogen) atoms. The Balaban J connectivity index is 1.89. The molecule has 1 heterocycles. The van der Waals surface area contributed by atoms with Gasteiger partial charge in [0.25, 0.3) is 5.91 Å². The molecule has 0 spiro atoms. The van der Waals surface area contributed by atoms with Crippen molar-refractivity contribution in [3.8, 4) is 5.75 Å². The van der Waals surface area contributed by atoms with E-state index in [1.54, 1.807) is 25.3 Å². The molecule has 1 atom stereocenters. The number of methoxy groups -OCH3 is 1. The van der Waals surface area contributed by atoms with E-state index in [0.29, 0.717) is 29.6 Å². The van der Waals surface area contributed by atoms with E-state index in [2.05, 4.69) is 17.1 Å². The van der Waals surface area contributed by atoms with Gasteiger partial charge in [0.1, 0.15) is 5.75 Å². The van der Waals surface area contributed by atoms with Crippen LogP contribution in [0.3, 0.4) is 0 Å². The number of anilines is 1. The average molecular weight is 291 g/mol. The molecule has 2 rings (SSSR count). The Labute approximate surface area is 126 Å². The number of nitrogen functional groups attached to an aromatic ring is 1. The van der Waals surface area contributed by atoms with Gasteiger partial charge in [-0.05, 0) is 51.1 Å². The van der Waals surface area contributed by atoms with Crippen molar-refractivity contribution in [2.75, 3.05) is 32.5 Å². The smallest absolute Gasteiger partial charge is 0.251 e. The van der Waals surface area contributed by atoms with E-state index in [-0.39, 0.29) is 5.91 Å². The first-order valence-electron chi connectivity index (χ1n) is 7.57. The van der Waals surface area contributed by atoms with Crippen LogP contribution < -0.4 is 15.8 Å². The lowest BCUT2D eigenvalue weighted by Gasteiger charge is -2.32. The Kier molecular flexibility index (Phi) is 5.44. The maximum Gasteiger partial charge on any atom is 0.251 e. The summed E-state index contributed by atoms with van der Waals surface area (Å²) in [4.78, 5) is 14.6. The van der Waals surface area contributed by atoms with E-state index in [4.69, 9.17) is 10.5 Å². The maximum atomic E-state index is 12.2. The number of carbonyl (C=O) groups is 1. The van der Waals surface area contributed by atoms with Gasteiger partial charge in [-0.15, -0.1) is 0 Å². The Bertz CT molecular complexity index is 484. The van der Waals surface area contributed by atoms with E-state index < -0.39 is 0 Å². The topological polar surface area (TPSA) is 67.6 Å². The van der Waals surface area contributed by atoms with E-state index in [9.17, 15) is 4.79 Å². The fourth-order valence-corrected chi connectivity index (χ4v) is 2.68. The monoisotopic (exact) mass is 291 g/mol. The summed E-state index contributed by atoms with van der Waals surface area (Å²) >= 11 is 0. The van der Waals surface area contributed by atoms with Crippen LogP contribution in [0.1, 0.15) is 36.5 Å².